The molecule has 0 fully saturated rings. The number of rotatable bonds is 3. The molecule has 0 unspecified atom stereocenters. The lowest BCUT2D eigenvalue weighted by atomic mass is 10.1. The van der Waals surface area contributed by atoms with Crippen LogP contribution < -0.4 is 5.32 Å². The van der Waals surface area contributed by atoms with Gasteiger partial charge in [0.2, 0.25) is 0 Å². The molecule has 4 nitrogen and oxygen atoms in total. The molecule has 5 rings (SSSR count). The summed E-state index contributed by atoms with van der Waals surface area (Å²) in [5.74, 6) is 7.15. The summed E-state index contributed by atoms with van der Waals surface area (Å²) in [4.78, 5) is 9.12. The summed E-state index contributed by atoms with van der Waals surface area (Å²) in [6, 6.07) is 27.5. The Kier molecular flexibility index (Phi) is 5.10. The van der Waals surface area contributed by atoms with Crippen LogP contribution in [0.15, 0.2) is 97.3 Å². The summed E-state index contributed by atoms with van der Waals surface area (Å²) in [5.41, 5.74) is 5.20. The molecule has 0 radical (unpaired) electrons. The van der Waals surface area contributed by atoms with Crippen LogP contribution in [0.1, 0.15) is 11.3 Å². The van der Waals surface area contributed by atoms with Crippen molar-refractivity contribution in [3.63, 3.8) is 0 Å². The van der Waals surface area contributed by atoms with Crippen molar-refractivity contribution in [2.24, 2.45) is 0 Å². The van der Waals surface area contributed by atoms with Gasteiger partial charge in [-0.25, -0.2) is 9.97 Å². The molecular weight excluding hydrogens is 404 g/mol. The molecule has 2 aromatic carbocycles. The van der Waals surface area contributed by atoms with Crippen molar-refractivity contribution < 1.29 is 0 Å². The maximum absolute atomic E-state index is 6.27. The highest BCUT2D eigenvalue weighted by atomic mass is 35.5. The van der Waals surface area contributed by atoms with E-state index < -0.39 is 0 Å². The number of pyridine rings is 2. The molecule has 3 aromatic heterocycles. The topological polar surface area (TPSA) is 42.2 Å². The fraction of sp³-hybridized carbons (Fsp3) is 0. The molecule has 0 atom stereocenters. The Bertz CT molecular complexity index is 1410. The summed E-state index contributed by atoms with van der Waals surface area (Å²) >= 11 is 6.27. The van der Waals surface area contributed by atoms with Crippen molar-refractivity contribution >= 4 is 28.8 Å². The molecule has 0 spiro atoms. The molecule has 0 aliphatic carbocycles. The van der Waals surface area contributed by atoms with E-state index in [2.05, 4.69) is 22.1 Å². The number of aromatic nitrogens is 3. The van der Waals surface area contributed by atoms with Gasteiger partial charge in [-0.15, -0.1) is 0 Å². The van der Waals surface area contributed by atoms with Gasteiger partial charge in [0.15, 0.2) is 0 Å². The van der Waals surface area contributed by atoms with E-state index in [4.69, 9.17) is 16.6 Å². The summed E-state index contributed by atoms with van der Waals surface area (Å²) in [6.45, 7) is 0. The molecule has 5 aromatic rings. The van der Waals surface area contributed by atoms with Crippen molar-refractivity contribution in [3.8, 4) is 23.1 Å². The number of para-hydroxylation sites is 1. The van der Waals surface area contributed by atoms with Gasteiger partial charge in [0.1, 0.15) is 22.9 Å². The number of nitrogens with one attached hydrogen (secondary N) is 1. The van der Waals surface area contributed by atoms with E-state index in [9.17, 15) is 0 Å². The Morgan fingerprint density at radius 3 is 2.55 bits per heavy atom. The third-order valence-corrected chi connectivity index (χ3v) is 4.98. The number of nitrogens with zero attached hydrogens (tertiary/aromatic N) is 3. The average molecular weight is 421 g/mol. The van der Waals surface area contributed by atoms with Crippen LogP contribution in [0, 0.1) is 11.8 Å². The van der Waals surface area contributed by atoms with Gasteiger partial charge in [-0.2, -0.15) is 0 Å². The molecule has 3 heterocycles. The van der Waals surface area contributed by atoms with Crippen molar-refractivity contribution in [1.82, 2.24) is 14.4 Å². The van der Waals surface area contributed by atoms with Crippen LogP contribution in [0.5, 0.6) is 0 Å². The molecule has 1 N–H and O–H groups in total. The number of halogens is 1. The zero-order valence-electron chi connectivity index (χ0n) is 16.5. The Hall–Kier alpha value is -4.07. The molecule has 0 aliphatic heterocycles. The van der Waals surface area contributed by atoms with Gasteiger partial charge < -0.3 is 5.32 Å². The van der Waals surface area contributed by atoms with Crippen LogP contribution in [-0.4, -0.2) is 14.4 Å². The van der Waals surface area contributed by atoms with Crippen LogP contribution >= 0.6 is 11.6 Å². The van der Waals surface area contributed by atoms with Crippen molar-refractivity contribution in [2.75, 3.05) is 5.32 Å². The summed E-state index contributed by atoms with van der Waals surface area (Å²) in [6.07, 6.45) is 3.60. The van der Waals surface area contributed by atoms with E-state index in [-0.39, 0.29) is 0 Å². The Morgan fingerprint density at radius 1 is 0.839 bits per heavy atom. The number of benzene rings is 2. The first-order valence-corrected chi connectivity index (χ1v) is 10.2. The second-order valence-corrected chi connectivity index (χ2v) is 7.36. The van der Waals surface area contributed by atoms with Crippen LogP contribution in [0.3, 0.4) is 0 Å². The quantitative estimate of drug-likeness (QED) is 0.354. The maximum atomic E-state index is 6.27. The zero-order valence-corrected chi connectivity index (χ0v) is 17.2. The third-order valence-electron chi connectivity index (χ3n) is 4.75. The van der Waals surface area contributed by atoms with Crippen LogP contribution in [-0.2, 0) is 0 Å². The van der Waals surface area contributed by atoms with E-state index >= 15 is 0 Å². The fourth-order valence-corrected chi connectivity index (χ4v) is 3.48. The lowest BCUT2D eigenvalue weighted by Crippen LogP contribution is -1.97. The molecule has 0 saturated carbocycles. The Morgan fingerprint density at radius 2 is 1.71 bits per heavy atom. The van der Waals surface area contributed by atoms with Crippen LogP contribution in [0.25, 0.3) is 16.9 Å². The maximum Gasteiger partial charge on any atom is 0.143 e. The minimum atomic E-state index is 0.641. The predicted octanol–water partition coefficient (Wildman–Crippen LogP) is 6.19. The van der Waals surface area contributed by atoms with Gasteiger partial charge in [0.25, 0.3) is 0 Å². The minimum Gasteiger partial charge on any atom is -0.339 e. The second kappa shape index (κ2) is 8.35. The minimum absolute atomic E-state index is 0.641. The zero-order chi connectivity index (χ0) is 21.0. The summed E-state index contributed by atoms with van der Waals surface area (Å²) in [7, 11) is 0. The molecule has 5 heteroatoms. The van der Waals surface area contributed by atoms with Gasteiger partial charge >= 0.3 is 0 Å². The first-order chi connectivity index (χ1) is 15.3. The fourth-order valence-electron chi connectivity index (χ4n) is 3.31. The Labute approximate surface area is 185 Å². The standard InChI is InChI=1S/C26H17ClN4/c27-21-13-15-24-30-25(26(31(24)18-21)29-23-10-2-1-3-11-23)20-8-6-7-19(17-20)12-14-22-9-4-5-16-28-22/h1-11,13,15-18,29H. The average Bonchev–Trinajstić information content (AvgIpc) is 3.17. The molecule has 0 aliphatic rings. The van der Waals surface area contributed by atoms with Crippen LogP contribution in [0.4, 0.5) is 11.5 Å². The van der Waals surface area contributed by atoms with E-state index in [1.165, 1.54) is 0 Å². The predicted molar refractivity (Wildman–Crippen MR) is 126 cm³/mol. The van der Waals surface area contributed by atoms with E-state index in [1.54, 1.807) is 6.20 Å². The first-order valence-electron chi connectivity index (χ1n) is 9.79. The number of imidazole rings is 1. The monoisotopic (exact) mass is 420 g/mol. The third kappa shape index (κ3) is 4.13. The number of anilines is 2. The van der Waals surface area contributed by atoms with Crippen LogP contribution in [0.2, 0.25) is 5.02 Å². The number of fused-ring (bicyclic) bond motifs is 1. The molecular formula is C26H17ClN4. The highest BCUT2D eigenvalue weighted by molar-refractivity contribution is 6.30. The lowest BCUT2D eigenvalue weighted by molar-refractivity contribution is 1.18. The number of hydrogen-bond acceptors (Lipinski definition) is 3. The summed E-state index contributed by atoms with van der Waals surface area (Å²) in [5, 5.41) is 4.14. The van der Waals surface area contributed by atoms with Gasteiger partial charge in [-0.05, 0) is 54.5 Å². The van der Waals surface area contributed by atoms with Gasteiger partial charge in [0.05, 0.1) is 5.02 Å². The van der Waals surface area contributed by atoms with Crippen molar-refractivity contribution in [2.45, 2.75) is 0 Å². The SMILES string of the molecule is Clc1ccc2nc(-c3cccc(C#Cc4ccccn4)c3)c(Nc3ccccc3)n2c1. The number of hydrogen-bond donors (Lipinski definition) is 1. The molecule has 0 saturated heterocycles. The van der Waals surface area contributed by atoms with E-state index in [1.807, 2.05) is 95.5 Å². The van der Waals surface area contributed by atoms with E-state index in [0.717, 1.165) is 39.7 Å². The normalized spacial score (nSPS) is 10.5. The van der Waals surface area contributed by atoms with Gasteiger partial charge in [-0.1, -0.05) is 53.9 Å². The molecule has 0 bridgehead atoms. The molecule has 0 amide bonds. The second-order valence-electron chi connectivity index (χ2n) is 6.92. The Balaban J connectivity index is 1.60. The van der Waals surface area contributed by atoms with Gasteiger partial charge in [-0.3, -0.25) is 4.40 Å². The molecule has 148 valence electrons. The van der Waals surface area contributed by atoms with Crippen molar-refractivity contribution in [3.05, 3.63) is 114 Å². The van der Waals surface area contributed by atoms with Gasteiger partial charge in [0, 0.05) is 29.2 Å². The highest BCUT2D eigenvalue weighted by Gasteiger charge is 2.15. The highest BCUT2D eigenvalue weighted by Crippen LogP contribution is 2.32. The first kappa shape index (κ1) is 18.9. The smallest absolute Gasteiger partial charge is 0.143 e. The summed E-state index contributed by atoms with van der Waals surface area (Å²) < 4.78 is 1.97. The van der Waals surface area contributed by atoms with E-state index in [0.29, 0.717) is 5.02 Å². The lowest BCUT2D eigenvalue weighted by Gasteiger charge is -2.09. The van der Waals surface area contributed by atoms with Crippen molar-refractivity contribution in [1.29, 1.82) is 0 Å². The largest absolute Gasteiger partial charge is 0.339 e. The molecule has 31 heavy (non-hydrogen) atoms.